The Morgan fingerprint density at radius 3 is 2.54 bits per heavy atom. The average molecular weight is 352 g/mol. The molecule has 1 aliphatic rings. The summed E-state index contributed by atoms with van der Waals surface area (Å²) in [5, 5.41) is 2.93. The summed E-state index contributed by atoms with van der Waals surface area (Å²) >= 11 is 0. The van der Waals surface area contributed by atoms with Gasteiger partial charge in [-0.15, -0.1) is 0 Å². The average Bonchev–Trinajstić information content (AvgIpc) is 2.67. The van der Waals surface area contributed by atoms with Gasteiger partial charge in [-0.1, -0.05) is 44.2 Å². The maximum atomic E-state index is 12.2. The Labute approximate surface area is 156 Å². The number of carbonyl (C=O) groups excluding carboxylic acids is 1. The lowest BCUT2D eigenvalue weighted by Gasteiger charge is -2.36. The Morgan fingerprint density at radius 1 is 1.12 bits per heavy atom. The third kappa shape index (κ3) is 5.05. The molecule has 0 aliphatic carbocycles. The molecule has 0 spiro atoms. The van der Waals surface area contributed by atoms with E-state index in [9.17, 15) is 4.79 Å². The van der Waals surface area contributed by atoms with Crippen molar-refractivity contribution in [2.75, 3.05) is 37.6 Å². The van der Waals surface area contributed by atoms with Crippen molar-refractivity contribution < 1.29 is 4.79 Å². The highest BCUT2D eigenvalue weighted by Crippen LogP contribution is 2.18. The van der Waals surface area contributed by atoms with E-state index in [0.717, 1.165) is 38.4 Å². The number of nitrogens with zero attached hydrogens (tertiary/aromatic N) is 3. The first-order valence-electron chi connectivity index (χ1n) is 9.37. The number of hydrogen-bond donors (Lipinski definition) is 1. The number of piperazine rings is 1. The molecule has 1 aromatic heterocycles. The zero-order chi connectivity index (χ0) is 18.4. The van der Waals surface area contributed by atoms with Gasteiger partial charge in [-0.3, -0.25) is 14.7 Å². The number of pyridine rings is 1. The van der Waals surface area contributed by atoms with Crippen LogP contribution in [-0.4, -0.2) is 48.5 Å². The second kappa shape index (κ2) is 8.81. The highest BCUT2D eigenvalue weighted by atomic mass is 16.1. The minimum atomic E-state index is -0.0942. The Balaban J connectivity index is 1.56. The van der Waals surface area contributed by atoms with Crippen molar-refractivity contribution in [3.63, 3.8) is 0 Å². The van der Waals surface area contributed by atoms with Gasteiger partial charge in [0.2, 0.25) is 0 Å². The van der Waals surface area contributed by atoms with Crippen LogP contribution in [0.5, 0.6) is 0 Å². The molecule has 0 radical (unpaired) electrons. The first kappa shape index (κ1) is 18.4. The number of nitrogens with one attached hydrogen (secondary N) is 1. The normalized spacial score (nSPS) is 15.3. The second-order valence-electron chi connectivity index (χ2n) is 7.25. The summed E-state index contributed by atoms with van der Waals surface area (Å²) in [5.74, 6) is 0.336. The number of rotatable bonds is 6. The fourth-order valence-corrected chi connectivity index (χ4v) is 3.13. The lowest BCUT2D eigenvalue weighted by Crippen LogP contribution is -2.46. The highest BCUT2D eigenvalue weighted by molar-refractivity contribution is 5.93. The summed E-state index contributed by atoms with van der Waals surface area (Å²) in [7, 11) is 0. The second-order valence-corrected chi connectivity index (χ2v) is 7.25. The monoisotopic (exact) mass is 352 g/mol. The molecule has 3 rings (SSSR count). The molecule has 0 saturated carbocycles. The van der Waals surface area contributed by atoms with Gasteiger partial charge in [0, 0.05) is 51.2 Å². The van der Waals surface area contributed by atoms with Crippen LogP contribution >= 0.6 is 0 Å². The topological polar surface area (TPSA) is 48.5 Å². The summed E-state index contributed by atoms with van der Waals surface area (Å²) in [5.41, 5.74) is 2.93. The van der Waals surface area contributed by atoms with Crippen LogP contribution in [0.4, 0.5) is 5.69 Å². The van der Waals surface area contributed by atoms with Crippen molar-refractivity contribution in [1.82, 2.24) is 15.2 Å². The van der Waals surface area contributed by atoms with E-state index in [2.05, 4.69) is 64.3 Å². The number of amides is 1. The third-order valence-corrected chi connectivity index (χ3v) is 4.63. The largest absolute Gasteiger partial charge is 0.369 e. The zero-order valence-corrected chi connectivity index (χ0v) is 15.7. The van der Waals surface area contributed by atoms with E-state index in [1.165, 1.54) is 5.56 Å². The standard InChI is InChI=1S/C21H28N4O/c1-17(2)15-23-21(26)20-14-19(8-9-22-20)25-12-10-24(11-13-25)16-18-6-4-3-5-7-18/h3-9,14,17H,10-13,15-16H2,1-2H3,(H,23,26). The molecule has 1 N–H and O–H groups in total. The maximum absolute atomic E-state index is 12.2. The minimum absolute atomic E-state index is 0.0942. The van der Waals surface area contributed by atoms with Gasteiger partial charge in [-0.25, -0.2) is 0 Å². The van der Waals surface area contributed by atoms with Gasteiger partial charge in [-0.2, -0.15) is 0 Å². The molecule has 1 aromatic carbocycles. The van der Waals surface area contributed by atoms with E-state index in [1.54, 1.807) is 6.20 Å². The van der Waals surface area contributed by atoms with Gasteiger partial charge < -0.3 is 10.2 Å². The molecule has 1 saturated heterocycles. The molecular weight excluding hydrogens is 324 g/mol. The van der Waals surface area contributed by atoms with Crippen LogP contribution in [0.25, 0.3) is 0 Å². The highest BCUT2D eigenvalue weighted by Gasteiger charge is 2.18. The molecule has 138 valence electrons. The van der Waals surface area contributed by atoms with E-state index in [-0.39, 0.29) is 5.91 Å². The predicted molar refractivity (Wildman–Crippen MR) is 105 cm³/mol. The number of anilines is 1. The van der Waals surface area contributed by atoms with Crippen LogP contribution in [0.2, 0.25) is 0 Å². The first-order valence-corrected chi connectivity index (χ1v) is 9.37. The summed E-state index contributed by atoms with van der Waals surface area (Å²) in [4.78, 5) is 21.3. The lowest BCUT2D eigenvalue weighted by molar-refractivity contribution is 0.0944. The maximum Gasteiger partial charge on any atom is 0.269 e. The number of hydrogen-bond acceptors (Lipinski definition) is 4. The Hall–Kier alpha value is -2.40. The van der Waals surface area contributed by atoms with Gasteiger partial charge >= 0.3 is 0 Å². The number of carbonyl (C=O) groups is 1. The quantitative estimate of drug-likeness (QED) is 0.868. The van der Waals surface area contributed by atoms with Crippen LogP contribution in [0, 0.1) is 5.92 Å². The fourth-order valence-electron chi connectivity index (χ4n) is 3.13. The van der Waals surface area contributed by atoms with Crippen molar-refractivity contribution in [1.29, 1.82) is 0 Å². The van der Waals surface area contributed by atoms with Crippen LogP contribution < -0.4 is 10.2 Å². The number of aromatic nitrogens is 1. The smallest absolute Gasteiger partial charge is 0.269 e. The van der Waals surface area contributed by atoms with E-state index in [4.69, 9.17) is 0 Å². The van der Waals surface area contributed by atoms with E-state index < -0.39 is 0 Å². The Kier molecular flexibility index (Phi) is 6.23. The van der Waals surface area contributed by atoms with E-state index in [1.807, 2.05) is 12.1 Å². The predicted octanol–water partition coefficient (Wildman–Crippen LogP) is 2.79. The molecule has 5 nitrogen and oxygen atoms in total. The van der Waals surface area contributed by atoms with Gasteiger partial charge in [-0.05, 0) is 23.6 Å². The molecular formula is C21H28N4O. The third-order valence-electron chi connectivity index (χ3n) is 4.63. The molecule has 1 aliphatic heterocycles. The Morgan fingerprint density at radius 2 is 1.85 bits per heavy atom. The molecule has 1 fully saturated rings. The van der Waals surface area contributed by atoms with Crippen molar-refractivity contribution in [3.8, 4) is 0 Å². The van der Waals surface area contributed by atoms with Gasteiger partial charge in [0.05, 0.1) is 0 Å². The first-order chi connectivity index (χ1) is 12.6. The lowest BCUT2D eigenvalue weighted by atomic mass is 10.2. The van der Waals surface area contributed by atoms with Crippen LogP contribution in [0.3, 0.4) is 0 Å². The van der Waals surface area contributed by atoms with Crippen LogP contribution in [-0.2, 0) is 6.54 Å². The van der Waals surface area contributed by atoms with Crippen LogP contribution in [0.15, 0.2) is 48.7 Å². The zero-order valence-electron chi connectivity index (χ0n) is 15.7. The molecule has 2 heterocycles. The Bertz CT molecular complexity index is 709. The molecule has 5 heteroatoms. The molecule has 0 unspecified atom stereocenters. The van der Waals surface area contributed by atoms with Gasteiger partial charge in [0.15, 0.2) is 0 Å². The SMILES string of the molecule is CC(C)CNC(=O)c1cc(N2CCN(Cc3ccccc3)CC2)ccn1. The molecule has 26 heavy (non-hydrogen) atoms. The minimum Gasteiger partial charge on any atom is -0.369 e. The summed E-state index contributed by atoms with van der Waals surface area (Å²) in [6.07, 6.45) is 1.73. The summed E-state index contributed by atoms with van der Waals surface area (Å²) < 4.78 is 0. The van der Waals surface area contributed by atoms with Crippen molar-refractivity contribution in [2.45, 2.75) is 20.4 Å². The molecule has 0 atom stereocenters. The number of benzene rings is 1. The van der Waals surface area contributed by atoms with Gasteiger partial charge in [0.1, 0.15) is 5.69 Å². The van der Waals surface area contributed by atoms with Crippen molar-refractivity contribution in [3.05, 3.63) is 59.9 Å². The molecule has 2 aromatic rings. The van der Waals surface area contributed by atoms with Crippen molar-refractivity contribution >= 4 is 11.6 Å². The molecule has 1 amide bonds. The van der Waals surface area contributed by atoms with Crippen LogP contribution in [0.1, 0.15) is 29.9 Å². The van der Waals surface area contributed by atoms with E-state index in [0.29, 0.717) is 18.2 Å². The summed E-state index contributed by atoms with van der Waals surface area (Å²) in [6, 6.07) is 14.5. The molecule has 0 bridgehead atoms. The summed E-state index contributed by atoms with van der Waals surface area (Å²) in [6.45, 7) is 9.79. The van der Waals surface area contributed by atoms with Gasteiger partial charge in [0.25, 0.3) is 5.91 Å². The van der Waals surface area contributed by atoms with Crippen molar-refractivity contribution in [2.24, 2.45) is 5.92 Å². The van der Waals surface area contributed by atoms with E-state index >= 15 is 0 Å². The fraction of sp³-hybridized carbons (Fsp3) is 0.429.